The summed E-state index contributed by atoms with van der Waals surface area (Å²) in [5, 5.41) is 10.2. The predicted octanol–water partition coefficient (Wildman–Crippen LogP) is 4.29. The standard InChI is InChI=1S/C23H31NO2/c1-19(2)26-22-11-9-21(10-12-22)16-24-14-6-13-23(17-24,18-25)15-20-7-4-3-5-8-20/h3-5,7-12,19,25H,6,13-18H2,1-2H3/t23-/m0/s1. The fourth-order valence-electron chi connectivity index (χ4n) is 4.01. The Balaban J connectivity index is 1.63. The van der Waals surface area contributed by atoms with E-state index in [1.54, 1.807) is 0 Å². The van der Waals surface area contributed by atoms with Gasteiger partial charge in [-0.1, -0.05) is 42.5 Å². The lowest BCUT2D eigenvalue weighted by molar-refractivity contribution is 0.0288. The number of aliphatic hydroxyl groups excluding tert-OH is 1. The van der Waals surface area contributed by atoms with E-state index in [9.17, 15) is 5.11 Å². The number of rotatable bonds is 7. The van der Waals surface area contributed by atoms with Crippen LogP contribution in [-0.2, 0) is 13.0 Å². The van der Waals surface area contributed by atoms with Gasteiger partial charge in [0.1, 0.15) is 5.75 Å². The van der Waals surface area contributed by atoms with Crippen LogP contribution in [0, 0.1) is 5.41 Å². The minimum atomic E-state index is -0.0275. The van der Waals surface area contributed by atoms with Crippen LogP contribution < -0.4 is 4.74 Å². The van der Waals surface area contributed by atoms with E-state index in [1.807, 2.05) is 13.8 Å². The van der Waals surface area contributed by atoms with Crippen LogP contribution in [0.25, 0.3) is 0 Å². The van der Waals surface area contributed by atoms with Crippen molar-refractivity contribution < 1.29 is 9.84 Å². The lowest BCUT2D eigenvalue weighted by Crippen LogP contribution is -2.46. The first-order valence-corrected chi connectivity index (χ1v) is 9.71. The molecule has 0 radical (unpaired) electrons. The van der Waals surface area contributed by atoms with Crippen LogP contribution in [-0.4, -0.2) is 35.8 Å². The van der Waals surface area contributed by atoms with Crippen molar-refractivity contribution in [3.63, 3.8) is 0 Å². The molecule has 3 nitrogen and oxygen atoms in total. The second-order valence-electron chi connectivity index (χ2n) is 7.95. The van der Waals surface area contributed by atoms with Gasteiger partial charge in [-0.15, -0.1) is 0 Å². The minimum Gasteiger partial charge on any atom is -0.491 e. The van der Waals surface area contributed by atoms with Gasteiger partial charge in [-0.2, -0.15) is 0 Å². The maximum atomic E-state index is 10.2. The van der Waals surface area contributed by atoms with Crippen LogP contribution in [0.5, 0.6) is 5.75 Å². The van der Waals surface area contributed by atoms with Crippen LogP contribution >= 0.6 is 0 Å². The molecule has 0 amide bonds. The highest BCUT2D eigenvalue weighted by Crippen LogP contribution is 2.34. The fourth-order valence-corrected chi connectivity index (χ4v) is 4.01. The number of likely N-dealkylation sites (tertiary alicyclic amines) is 1. The van der Waals surface area contributed by atoms with Crippen molar-refractivity contribution in [3.05, 3.63) is 65.7 Å². The van der Waals surface area contributed by atoms with E-state index in [1.165, 1.54) is 11.1 Å². The fraction of sp³-hybridized carbons (Fsp3) is 0.478. The molecule has 26 heavy (non-hydrogen) atoms. The van der Waals surface area contributed by atoms with Crippen LogP contribution in [0.1, 0.15) is 37.8 Å². The van der Waals surface area contributed by atoms with E-state index in [-0.39, 0.29) is 18.1 Å². The first-order valence-electron chi connectivity index (χ1n) is 9.71. The molecule has 1 saturated heterocycles. The van der Waals surface area contributed by atoms with Crippen molar-refractivity contribution in [2.75, 3.05) is 19.7 Å². The van der Waals surface area contributed by atoms with Gasteiger partial charge in [-0.3, -0.25) is 4.90 Å². The van der Waals surface area contributed by atoms with Gasteiger partial charge in [0.15, 0.2) is 0 Å². The summed E-state index contributed by atoms with van der Waals surface area (Å²) >= 11 is 0. The third-order valence-electron chi connectivity index (χ3n) is 5.20. The van der Waals surface area contributed by atoms with Crippen molar-refractivity contribution in [1.82, 2.24) is 4.90 Å². The summed E-state index contributed by atoms with van der Waals surface area (Å²) in [6.07, 6.45) is 3.38. The van der Waals surface area contributed by atoms with Gasteiger partial charge in [-0.25, -0.2) is 0 Å². The zero-order valence-corrected chi connectivity index (χ0v) is 16.0. The molecular weight excluding hydrogens is 322 g/mol. The lowest BCUT2D eigenvalue weighted by atomic mass is 9.75. The minimum absolute atomic E-state index is 0.0275. The van der Waals surface area contributed by atoms with Crippen LogP contribution in [0.2, 0.25) is 0 Å². The molecule has 3 rings (SSSR count). The van der Waals surface area contributed by atoms with E-state index in [0.717, 1.165) is 44.6 Å². The Kier molecular flexibility index (Phi) is 6.33. The van der Waals surface area contributed by atoms with E-state index in [0.29, 0.717) is 0 Å². The molecule has 3 heteroatoms. The molecule has 0 unspecified atom stereocenters. The Morgan fingerprint density at radius 2 is 1.77 bits per heavy atom. The number of ether oxygens (including phenoxy) is 1. The molecule has 0 aromatic heterocycles. The zero-order chi connectivity index (χ0) is 18.4. The summed E-state index contributed by atoms with van der Waals surface area (Å²) in [6.45, 7) is 7.31. The largest absolute Gasteiger partial charge is 0.491 e. The Morgan fingerprint density at radius 3 is 2.42 bits per heavy atom. The summed E-state index contributed by atoms with van der Waals surface area (Å²) in [4.78, 5) is 2.49. The molecule has 1 aliphatic heterocycles. The maximum absolute atomic E-state index is 10.2. The van der Waals surface area contributed by atoms with E-state index < -0.39 is 0 Å². The van der Waals surface area contributed by atoms with Gasteiger partial charge < -0.3 is 9.84 Å². The molecule has 1 atom stereocenters. The summed E-state index contributed by atoms with van der Waals surface area (Å²) in [6, 6.07) is 19.0. The molecule has 1 N–H and O–H groups in total. The quantitative estimate of drug-likeness (QED) is 0.806. The normalized spacial score (nSPS) is 21.1. The van der Waals surface area contributed by atoms with Gasteiger partial charge in [0, 0.05) is 18.5 Å². The third kappa shape index (κ3) is 5.09. The van der Waals surface area contributed by atoms with Crippen molar-refractivity contribution in [2.24, 2.45) is 5.41 Å². The van der Waals surface area contributed by atoms with Gasteiger partial charge >= 0.3 is 0 Å². The molecule has 0 spiro atoms. The highest BCUT2D eigenvalue weighted by molar-refractivity contribution is 5.27. The van der Waals surface area contributed by atoms with E-state index >= 15 is 0 Å². The van der Waals surface area contributed by atoms with Crippen molar-refractivity contribution in [3.8, 4) is 5.75 Å². The van der Waals surface area contributed by atoms with E-state index in [4.69, 9.17) is 4.74 Å². The van der Waals surface area contributed by atoms with Crippen LogP contribution in [0.3, 0.4) is 0 Å². The van der Waals surface area contributed by atoms with Gasteiger partial charge in [0.25, 0.3) is 0 Å². The topological polar surface area (TPSA) is 32.7 Å². The van der Waals surface area contributed by atoms with Crippen LogP contribution in [0.15, 0.2) is 54.6 Å². The summed E-state index contributed by atoms with van der Waals surface area (Å²) < 4.78 is 5.73. The Hall–Kier alpha value is -1.84. The average Bonchev–Trinajstić information content (AvgIpc) is 2.64. The SMILES string of the molecule is CC(C)Oc1ccc(CN2CCC[C@](CO)(Cc3ccccc3)C2)cc1. The molecule has 0 saturated carbocycles. The maximum Gasteiger partial charge on any atom is 0.119 e. The molecule has 1 aliphatic rings. The molecule has 0 bridgehead atoms. The third-order valence-corrected chi connectivity index (χ3v) is 5.20. The highest BCUT2D eigenvalue weighted by Gasteiger charge is 2.35. The second kappa shape index (κ2) is 8.70. The first-order chi connectivity index (χ1) is 12.6. The molecule has 2 aromatic carbocycles. The van der Waals surface area contributed by atoms with Crippen molar-refractivity contribution >= 4 is 0 Å². The van der Waals surface area contributed by atoms with Gasteiger partial charge in [-0.05, 0) is 62.9 Å². The molecular formula is C23H31NO2. The summed E-state index contributed by atoms with van der Waals surface area (Å²) in [5.74, 6) is 0.927. The molecule has 0 aliphatic carbocycles. The monoisotopic (exact) mass is 353 g/mol. The zero-order valence-electron chi connectivity index (χ0n) is 16.0. The highest BCUT2D eigenvalue weighted by atomic mass is 16.5. The molecule has 140 valence electrons. The van der Waals surface area contributed by atoms with Crippen LogP contribution in [0.4, 0.5) is 0 Å². The Morgan fingerprint density at radius 1 is 1.04 bits per heavy atom. The Labute approximate surface area is 157 Å². The summed E-state index contributed by atoms with van der Waals surface area (Å²) in [5.41, 5.74) is 2.59. The number of hydrogen-bond donors (Lipinski definition) is 1. The predicted molar refractivity (Wildman–Crippen MR) is 106 cm³/mol. The molecule has 1 heterocycles. The number of benzene rings is 2. The van der Waals surface area contributed by atoms with Gasteiger partial charge in [0.2, 0.25) is 0 Å². The van der Waals surface area contributed by atoms with Crippen molar-refractivity contribution in [2.45, 2.75) is 45.8 Å². The average molecular weight is 354 g/mol. The number of piperidine rings is 1. The molecule has 1 fully saturated rings. The van der Waals surface area contributed by atoms with Crippen molar-refractivity contribution in [1.29, 1.82) is 0 Å². The lowest BCUT2D eigenvalue weighted by Gasteiger charge is -2.42. The number of nitrogens with zero attached hydrogens (tertiary/aromatic N) is 1. The van der Waals surface area contributed by atoms with Gasteiger partial charge in [0.05, 0.1) is 12.7 Å². The second-order valence-corrected chi connectivity index (χ2v) is 7.95. The smallest absolute Gasteiger partial charge is 0.119 e. The Bertz CT molecular complexity index is 668. The number of aliphatic hydroxyl groups is 1. The van der Waals surface area contributed by atoms with E-state index in [2.05, 4.69) is 59.5 Å². The number of hydrogen-bond acceptors (Lipinski definition) is 3. The first kappa shape index (κ1) is 18.9. The summed E-state index contributed by atoms with van der Waals surface area (Å²) in [7, 11) is 0. The molecule has 2 aromatic rings.